The first-order valence-corrected chi connectivity index (χ1v) is 36.9. The van der Waals surface area contributed by atoms with E-state index in [2.05, 4.69) is 31.3 Å². The number of nitrogens with one attached hydrogen (secondary N) is 1. The van der Waals surface area contributed by atoms with Crippen molar-refractivity contribution in [3.63, 3.8) is 0 Å². The van der Waals surface area contributed by atoms with Crippen molar-refractivity contribution in [2.45, 2.75) is 437 Å². The number of hydrogen-bond donors (Lipinski definition) is 3. The zero-order chi connectivity index (χ0) is 57.8. The molecule has 0 radical (unpaired) electrons. The van der Waals surface area contributed by atoms with E-state index in [4.69, 9.17) is 4.74 Å². The van der Waals surface area contributed by atoms with Gasteiger partial charge in [0.2, 0.25) is 5.91 Å². The quantitative estimate of drug-likeness (QED) is 0.0320. The standard InChI is InChI=1S/C74H145NO5/c1-3-5-7-9-11-13-15-16-17-18-19-34-37-40-43-47-50-54-58-62-66-72(77)71(70-76)75-73(78)67-63-59-55-51-48-44-41-38-35-32-30-28-26-24-22-20-21-23-25-27-29-31-33-36-39-42-45-49-53-57-61-65-69-80-74(79)68-64-60-56-52-46-14-12-10-8-6-4-2/h23,25,71-72,76-77H,3-22,24,26-70H2,1-2H3,(H,75,78)/b25-23-. The van der Waals surface area contributed by atoms with Crippen molar-refractivity contribution >= 4 is 11.9 Å². The summed E-state index contributed by atoms with van der Waals surface area (Å²) in [7, 11) is 0. The fourth-order valence-electron chi connectivity index (χ4n) is 11.9. The zero-order valence-corrected chi connectivity index (χ0v) is 54.6. The lowest BCUT2D eigenvalue weighted by molar-refractivity contribution is -0.143. The predicted molar refractivity (Wildman–Crippen MR) is 352 cm³/mol. The van der Waals surface area contributed by atoms with E-state index < -0.39 is 12.1 Å². The molecule has 0 aliphatic carbocycles. The summed E-state index contributed by atoms with van der Waals surface area (Å²) in [6.07, 6.45) is 87.1. The molecule has 0 bridgehead atoms. The molecule has 476 valence electrons. The Labute approximate surface area is 501 Å². The summed E-state index contributed by atoms with van der Waals surface area (Å²) in [4.78, 5) is 24.6. The molecule has 0 rings (SSSR count). The normalized spacial score (nSPS) is 12.5. The number of unbranched alkanes of at least 4 members (excludes halogenated alkanes) is 57. The number of carbonyl (C=O) groups excluding carboxylic acids is 2. The maximum atomic E-state index is 12.5. The number of aliphatic hydroxyl groups excluding tert-OH is 2. The largest absolute Gasteiger partial charge is 0.466 e. The third-order valence-electron chi connectivity index (χ3n) is 17.6. The summed E-state index contributed by atoms with van der Waals surface area (Å²) >= 11 is 0. The Bertz CT molecular complexity index is 1210. The Hall–Kier alpha value is -1.40. The van der Waals surface area contributed by atoms with E-state index in [9.17, 15) is 19.8 Å². The number of amides is 1. The van der Waals surface area contributed by atoms with Gasteiger partial charge in [-0.2, -0.15) is 0 Å². The second kappa shape index (κ2) is 70.1. The SMILES string of the molecule is CCCCCCCCCCCCCCCCCCCCCCC(O)C(CO)NC(=O)CCCCCCCCCCCCCCCCCC/C=C\CCCCCCCCCCCCCCOC(=O)CCCCCCCCCCCCC. The fourth-order valence-corrected chi connectivity index (χ4v) is 11.9. The van der Waals surface area contributed by atoms with Gasteiger partial charge in [0.15, 0.2) is 0 Å². The maximum Gasteiger partial charge on any atom is 0.305 e. The minimum atomic E-state index is -0.663. The van der Waals surface area contributed by atoms with Crippen LogP contribution in [0, 0.1) is 0 Å². The highest BCUT2D eigenvalue weighted by Gasteiger charge is 2.20. The average molecular weight is 1130 g/mol. The van der Waals surface area contributed by atoms with Crippen LogP contribution in [0.4, 0.5) is 0 Å². The van der Waals surface area contributed by atoms with Crippen molar-refractivity contribution in [2.24, 2.45) is 0 Å². The van der Waals surface area contributed by atoms with Gasteiger partial charge in [-0.15, -0.1) is 0 Å². The Morgan fingerprint density at radius 3 is 0.887 bits per heavy atom. The molecule has 0 heterocycles. The molecule has 3 N–H and O–H groups in total. The molecule has 0 spiro atoms. The van der Waals surface area contributed by atoms with E-state index in [1.807, 2.05) is 0 Å². The Kier molecular flexibility index (Phi) is 68.9. The molecule has 0 fully saturated rings. The van der Waals surface area contributed by atoms with Crippen molar-refractivity contribution in [2.75, 3.05) is 13.2 Å². The number of aliphatic hydroxyl groups is 2. The molecule has 6 heteroatoms. The van der Waals surface area contributed by atoms with Crippen LogP contribution < -0.4 is 5.32 Å². The summed E-state index contributed by atoms with van der Waals surface area (Å²) in [5.41, 5.74) is 0. The third kappa shape index (κ3) is 65.7. The van der Waals surface area contributed by atoms with Crippen molar-refractivity contribution in [3.05, 3.63) is 12.2 Å². The van der Waals surface area contributed by atoms with Crippen LogP contribution in [0.25, 0.3) is 0 Å². The minimum Gasteiger partial charge on any atom is -0.466 e. The average Bonchev–Trinajstić information content (AvgIpc) is 3.46. The smallest absolute Gasteiger partial charge is 0.305 e. The lowest BCUT2D eigenvalue weighted by Crippen LogP contribution is -2.45. The van der Waals surface area contributed by atoms with Crippen LogP contribution in [0.1, 0.15) is 425 Å². The highest BCUT2D eigenvalue weighted by atomic mass is 16.5. The number of carbonyl (C=O) groups is 2. The van der Waals surface area contributed by atoms with Crippen LogP contribution in [0.2, 0.25) is 0 Å². The predicted octanol–water partition coefficient (Wildman–Crippen LogP) is 23.9. The number of rotatable bonds is 70. The molecule has 0 saturated carbocycles. The molecule has 1 amide bonds. The van der Waals surface area contributed by atoms with Crippen molar-refractivity contribution in [1.82, 2.24) is 5.32 Å². The second-order valence-corrected chi connectivity index (χ2v) is 25.6. The fraction of sp³-hybridized carbons (Fsp3) is 0.946. The van der Waals surface area contributed by atoms with Crippen LogP contribution >= 0.6 is 0 Å². The van der Waals surface area contributed by atoms with Crippen LogP contribution in [-0.2, 0) is 14.3 Å². The number of hydrogen-bond acceptors (Lipinski definition) is 5. The van der Waals surface area contributed by atoms with Crippen molar-refractivity contribution in [3.8, 4) is 0 Å². The lowest BCUT2D eigenvalue weighted by Gasteiger charge is -2.22. The topological polar surface area (TPSA) is 95.9 Å². The third-order valence-corrected chi connectivity index (χ3v) is 17.6. The highest BCUT2D eigenvalue weighted by molar-refractivity contribution is 5.76. The summed E-state index contributed by atoms with van der Waals surface area (Å²) in [6.45, 7) is 5.00. The van der Waals surface area contributed by atoms with Crippen LogP contribution in [0.3, 0.4) is 0 Å². The first kappa shape index (κ1) is 78.6. The van der Waals surface area contributed by atoms with Gasteiger partial charge in [0.05, 0.1) is 25.4 Å². The molecule has 80 heavy (non-hydrogen) atoms. The molecular formula is C74H145NO5. The first-order valence-electron chi connectivity index (χ1n) is 36.9. The van der Waals surface area contributed by atoms with Gasteiger partial charge in [-0.1, -0.05) is 373 Å². The molecule has 0 aliphatic rings. The van der Waals surface area contributed by atoms with E-state index in [0.717, 1.165) is 38.5 Å². The molecule has 0 aromatic carbocycles. The van der Waals surface area contributed by atoms with Gasteiger partial charge in [0, 0.05) is 12.8 Å². The number of esters is 1. The van der Waals surface area contributed by atoms with Gasteiger partial charge in [-0.05, 0) is 51.4 Å². The van der Waals surface area contributed by atoms with E-state index >= 15 is 0 Å². The molecule has 0 aliphatic heterocycles. The monoisotopic (exact) mass is 1130 g/mol. The van der Waals surface area contributed by atoms with E-state index in [1.54, 1.807) is 0 Å². The van der Waals surface area contributed by atoms with Gasteiger partial charge in [0.25, 0.3) is 0 Å². The van der Waals surface area contributed by atoms with Gasteiger partial charge < -0.3 is 20.3 Å². The lowest BCUT2D eigenvalue weighted by atomic mass is 10.0. The van der Waals surface area contributed by atoms with E-state index in [1.165, 1.54) is 353 Å². The summed E-state index contributed by atoms with van der Waals surface area (Å²) < 4.78 is 5.48. The van der Waals surface area contributed by atoms with E-state index in [-0.39, 0.29) is 18.5 Å². The van der Waals surface area contributed by atoms with E-state index in [0.29, 0.717) is 25.9 Å². The van der Waals surface area contributed by atoms with Gasteiger partial charge in [-0.25, -0.2) is 0 Å². The zero-order valence-electron chi connectivity index (χ0n) is 54.6. The summed E-state index contributed by atoms with van der Waals surface area (Å²) in [5.74, 6) is -0.00842. The minimum absolute atomic E-state index is 0.0189. The molecule has 0 aromatic rings. The molecule has 2 unspecified atom stereocenters. The molecular weight excluding hydrogens is 983 g/mol. The van der Waals surface area contributed by atoms with Crippen LogP contribution in [-0.4, -0.2) is 47.4 Å². The van der Waals surface area contributed by atoms with Gasteiger partial charge in [0.1, 0.15) is 0 Å². The maximum absolute atomic E-state index is 12.5. The summed E-state index contributed by atoms with van der Waals surface area (Å²) in [6, 6.07) is -0.539. The van der Waals surface area contributed by atoms with Gasteiger partial charge >= 0.3 is 5.97 Å². The highest BCUT2D eigenvalue weighted by Crippen LogP contribution is 2.19. The first-order chi connectivity index (χ1) is 39.5. The molecule has 0 aromatic heterocycles. The Morgan fingerprint density at radius 2 is 0.588 bits per heavy atom. The van der Waals surface area contributed by atoms with Crippen LogP contribution in [0.5, 0.6) is 0 Å². The number of ether oxygens (including phenoxy) is 1. The second-order valence-electron chi connectivity index (χ2n) is 25.6. The van der Waals surface area contributed by atoms with Gasteiger partial charge in [-0.3, -0.25) is 9.59 Å². The van der Waals surface area contributed by atoms with Crippen molar-refractivity contribution in [1.29, 1.82) is 0 Å². The Balaban J connectivity index is 3.35. The van der Waals surface area contributed by atoms with Crippen LogP contribution in [0.15, 0.2) is 12.2 Å². The van der Waals surface area contributed by atoms with Crippen molar-refractivity contribution < 1.29 is 24.5 Å². The number of allylic oxidation sites excluding steroid dienone is 2. The summed E-state index contributed by atoms with van der Waals surface area (Å²) in [5, 5.41) is 23.4. The molecule has 2 atom stereocenters. The Morgan fingerprint density at radius 1 is 0.338 bits per heavy atom. The molecule has 6 nitrogen and oxygen atoms in total. The molecule has 0 saturated heterocycles.